The Bertz CT molecular complexity index is 1370. The monoisotopic (exact) mass is 666 g/mol. The third-order valence-corrected chi connectivity index (χ3v) is 7.82. The van der Waals surface area contributed by atoms with E-state index >= 15 is 0 Å². The summed E-state index contributed by atoms with van der Waals surface area (Å²) in [4.78, 5) is 0. The normalized spacial score (nSPS) is 18.3. The summed E-state index contributed by atoms with van der Waals surface area (Å²) in [5.74, 6) is 0.867. The molecule has 0 bridgehead atoms. The number of aliphatic hydroxyl groups is 3. The van der Waals surface area contributed by atoms with Crippen LogP contribution in [-0.4, -0.2) is 61.6 Å². The number of hydrogen-bond acceptors (Lipinski definition) is 7. The maximum absolute atomic E-state index is 10.1. The molecule has 1 heterocycles. The van der Waals surface area contributed by atoms with Gasteiger partial charge >= 0.3 is 0 Å². The van der Waals surface area contributed by atoms with Crippen molar-refractivity contribution in [1.29, 1.82) is 0 Å². The minimum atomic E-state index is -0.654. The van der Waals surface area contributed by atoms with E-state index in [9.17, 15) is 5.11 Å². The fraction of sp³-hybridized carbons (Fsp3) is 0.385. The number of halogens is 1. The van der Waals surface area contributed by atoms with Gasteiger partial charge in [-0.3, -0.25) is 0 Å². The molecule has 0 aliphatic carbocycles. The van der Waals surface area contributed by atoms with Crippen LogP contribution < -0.4 is 4.74 Å². The molecule has 5 rings (SSSR count). The molecule has 1 fully saturated rings. The van der Waals surface area contributed by atoms with E-state index in [2.05, 4.69) is 30.3 Å². The molecule has 1 aliphatic heterocycles. The van der Waals surface area contributed by atoms with Gasteiger partial charge in [0.25, 0.3) is 0 Å². The molecule has 1 saturated heterocycles. The Kier molecular flexibility index (Phi) is 19.0. The summed E-state index contributed by atoms with van der Waals surface area (Å²) in [6, 6.07) is 34.5. The first-order chi connectivity index (χ1) is 22.9. The summed E-state index contributed by atoms with van der Waals surface area (Å²) in [7, 11) is 3.70. The second-order valence-corrected chi connectivity index (χ2v) is 11.5. The van der Waals surface area contributed by atoms with Gasteiger partial charge in [0.2, 0.25) is 0 Å². The molecule has 4 aromatic carbocycles. The van der Waals surface area contributed by atoms with Crippen LogP contribution in [0.3, 0.4) is 0 Å². The van der Waals surface area contributed by atoms with Gasteiger partial charge in [0.1, 0.15) is 5.75 Å². The zero-order chi connectivity index (χ0) is 34.5. The van der Waals surface area contributed by atoms with Gasteiger partial charge in [-0.25, -0.2) is 0 Å². The highest BCUT2D eigenvalue weighted by atomic mass is 35.5. The summed E-state index contributed by atoms with van der Waals surface area (Å²) in [5, 5.41) is 24.8. The number of methoxy groups -OCH3 is 1. The number of rotatable bonds is 11. The van der Waals surface area contributed by atoms with Crippen LogP contribution in [-0.2, 0) is 33.8 Å². The van der Waals surface area contributed by atoms with Gasteiger partial charge in [-0.05, 0) is 66.3 Å². The lowest BCUT2D eigenvalue weighted by Gasteiger charge is -2.42. The lowest BCUT2D eigenvalue weighted by Crippen LogP contribution is -2.44. The van der Waals surface area contributed by atoms with Gasteiger partial charge in [0.05, 0.1) is 44.2 Å². The molecule has 4 aromatic rings. The molecule has 256 valence electrons. The topological polar surface area (TPSA) is 97.6 Å². The van der Waals surface area contributed by atoms with Crippen LogP contribution in [0.15, 0.2) is 103 Å². The predicted molar refractivity (Wildman–Crippen MR) is 189 cm³/mol. The van der Waals surface area contributed by atoms with Crippen molar-refractivity contribution in [2.24, 2.45) is 0 Å². The zero-order valence-electron chi connectivity index (χ0n) is 28.3. The molecular formula is C39H51ClO7. The minimum absolute atomic E-state index is 0.0126. The lowest BCUT2D eigenvalue weighted by atomic mass is 9.88. The molecule has 0 amide bonds. The van der Waals surface area contributed by atoms with Crippen molar-refractivity contribution in [1.82, 2.24) is 0 Å². The Labute approximate surface area is 285 Å². The molecule has 3 atom stereocenters. The largest absolute Gasteiger partial charge is 0.494 e. The lowest BCUT2D eigenvalue weighted by molar-refractivity contribution is -0.185. The second kappa shape index (κ2) is 22.3. The Balaban J connectivity index is 0.000000500. The molecule has 1 aliphatic rings. The quantitative estimate of drug-likeness (QED) is 0.152. The van der Waals surface area contributed by atoms with Gasteiger partial charge in [-0.15, -0.1) is 0 Å². The van der Waals surface area contributed by atoms with Crippen molar-refractivity contribution < 1.29 is 34.3 Å². The number of ether oxygens (including phenoxy) is 4. The maximum atomic E-state index is 10.1. The van der Waals surface area contributed by atoms with E-state index < -0.39 is 5.60 Å². The summed E-state index contributed by atoms with van der Waals surface area (Å²) in [6.45, 7) is 5.78. The SMILES string of the molecule is CCOc1ccc(Cc2cc(C3CC(OCc4ccccc4)C[C@@](C)(CO)O3)ccc2Cl)cc1.CO.CO.COCc1ccccc1. The van der Waals surface area contributed by atoms with Crippen molar-refractivity contribution in [3.63, 3.8) is 0 Å². The van der Waals surface area contributed by atoms with E-state index in [1.807, 2.05) is 86.6 Å². The first-order valence-corrected chi connectivity index (χ1v) is 16.2. The van der Waals surface area contributed by atoms with Crippen LogP contribution in [0.25, 0.3) is 0 Å². The van der Waals surface area contributed by atoms with Crippen molar-refractivity contribution in [2.75, 3.05) is 34.5 Å². The van der Waals surface area contributed by atoms with E-state index in [1.54, 1.807) is 7.11 Å². The van der Waals surface area contributed by atoms with Gasteiger partial charge in [-0.1, -0.05) is 96.5 Å². The third kappa shape index (κ3) is 13.8. The highest BCUT2D eigenvalue weighted by Crippen LogP contribution is 2.39. The van der Waals surface area contributed by atoms with Crippen LogP contribution in [0.4, 0.5) is 0 Å². The highest BCUT2D eigenvalue weighted by molar-refractivity contribution is 6.31. The molecule has 0 aromatic heterocycles. The van der Waals surface area contributed by atoms with E-state index in [0.29, 0.717) is 26.2 Å². The molecule has 47 heavy (non-hydrogen) atoms. The molecular weight excluding hydrogens is 616 g/mol. The molecule has 0 radical (unpaired) electrons. The van der Waals surface area contributed by atoms with Gasteiger partial charge in [-0.2, -0.15) is 0 Å². The van der Waals surface area contributed by atoms with Crippen molar-refractivity contribution in [3.05, 3.63) is 136 Å². The zero-order valence-corrected chi connectivity index (χ0v) is 29.0. The Morgan fingerprint density at radius 3 is 1.96 bits per heavy atom. The smallest absolute Gasteiger partial charge is 0.119 e. The average molecular weight is 667 g/mol. The Morgan fingerprint density at radius 1 is 0.809 bits per heavy atom. The number of hydrogen-bond donors (Lipinski definition) is 3. The van der Waals surface area contributed by atoms with Gasteiger partial charge in [0, 0.05) is 39.2 Å². The Hall–Kier alpha value is -3.27. The maximum Gasteiger partial charge on any atom is 0.119 e. The van der Waals surface area contributed by atoms with Gasteiger partial charge < -0.3 is 34.3 Å². The highest BCUT2D eigenvalue weighted by Gasteiger charge is 2.39. The fourth-order valence-corrected chi connectivity index (χ4v) is 5.41. The van der Waals surface area contributed by atoms with E-state index in [-0.39, 0.29) is 18.8 Å². The van der Waals surface area contributed by atoms with Crippen LogP contribution in [0, 0.1) is 0 Å². The number of benzene rings is 4. The van der Waals surface area contributed by atoms with Crippen molar-refractivity contribution in [3.8, 4) is 5.75 Å². The third-order valence-electron chi connectivity index (χ3n) is 7.45. The van der Waals surface area contributed by atoms with Crippen LogP contribution >= 0.6 is 11.6 Å². The molecule has 7 nitrogen and oxygen atoms in total. The van der Waals surface area contributed by atoms with Gasteiger partial charge in [0.15, 0.2) is 0 Å². The van der Waals surface area contributed by atoms with E-state index in [4.69, 9.17) is 40.8 Å². The van der Waals surface area contributed by atoms with E-state index in [1.165, 1.54) is 5.56 Å². The molecule has 0 saturated carbocycles. The summed E-state index contributed by atoms with van der Waals surface area (Å²) in [5.41, 5.74) is 4.97. The number of aliphatic hydroxyl groups excluding tert-OH is 3. The molecule has 3 N–H and O–H groups in total. The first-order valence-electron chi connectivity index (χ1n) is 15.8. The molecule has 2 unspecified atom stereocenters. The fourth-order valence-electron chi connectivity index (χ4n) is 5.23. The van der Waals surface area contributed by atoms with Crippen LogP contribution in [0.1, 0.15) is 60.6 Å². The summed E-state index contributed by atoms with van der Waals surface area (Å²) >= 11 is 6.57. The van der Waals surface area contributed by atoms with Crippen molar-refractivity contribution >= 4 is 11.6 Å². The standard InChI is InChI=1S/C29H33ClO4.C8H10O.2CH4O/c1-3-32-25-12-9-21(10-13-25)15-24-16-23(11-14-27(24)30)28-17-26(18-29(2,20-31)34-28)33-19-22-7-5-4-6-8-22;1-9-7-8-5-3-2-4-6-8;2*1-2/h4-14,16,26,28,31H,3,15,17-20H2,1-2H3;2-6H,7H2,1H3;2*2H,1H3/t26?,28?,29-;;;/m0.../s1. The molecule has 0 spiro atoms. The molecule has 8 heteroatoms. The predicted octanol–water partition coefficient (Wildman–Crippen LogP) is 7.57. The summed E-state index contributed by atoms with van der Waals surface area (Å²) in [6.07, 6.45) is 1.91. The van der Waals surface area contributed by atoms with Crippen LogP contribution in [0.5, 0.6) is 5.75 Å². The summed E-state index contributed by atoms with van der Waals surface area (Å²) < 4.78 is 23.1. The van der Waals surface area contributed by atoms with E-state index in [0.717, 1.165) is 60.1 Å². The van der Waals surface area contributed by atoms with Crippen molar-refractivity contribution in [2.45, 2.75) is 64.1 Å². The Morgan fingerprint density at radius 2 is 1.40 bits per heavy atom. The van der Waals surface area contributed by atoms with Crippen LogP contribution in [0.2, 0.25) is 5.02 Å². The first kappa shape index (κ1) is 39.9. The second-order valence-electron chi connectivity index (χ2n) is 11.1. The minimum Gasteiger partial charge on any atom is -0.494 e. The average Bonchev–Trinajstić information content (AvgIpc) is 3.12.